The van der Waals surface area contributed by atoms with Crippen LogP contribution in [0.25, 0.3) is 28.2 Å². The molecule has 0 unspecified atom stereocenters. The second kappa shape index (κ2) is 8.46. The molecule has 0 atom stereocenters. The fourth-order valence-corrected chi connectivity index (χ4v) is 3.98. The van der Waals surface area contributed by atoms with E-state index < -0.39 is 17.3 Å². The minimum Gasteiger partial charge on any atom is -0.379 e. The number of nitrogens with one attached hydrogen (secondary N) is 1. The van der Waals surface area contributed by atoms with Crippen molar-refractivity contribution in [1.29, 1.82) is 0 Å². The van der Waals surface area contributed by atoms with Crippen molar-refractivity contribution in [3.8, 4) is 22.5 Å². The molecule has 7 nitrogen and oxygen atoms in total. The van der Waals surface area contributed by atoms with Crippen LogP contribution in [0.1, 0.15) is 25.1 Å². The molecule has 4 aromatic rings. The number of imidazole rings is 1. The number of fused-ring (bicyclic) bond motifs is 1. The van der Waals surface area contributed by atoms with Crippen LogP contribution >= 0.6 is 0 Å². The van der Waals surface area contributed by atoms with Crippen LogP contribution in [0, 0.1) is 5.41 Å². The van der Waals surface area contributed by atoms with Crippen molar-refractivity contribution in [1.82, 2.24) is 19.6 Å². The molecule has 10 heteroatoms. The number of pyridine rings is 1. The highest BCUT2D eigenvalue weighted by atomic mass is 19.4. The lowest BCUT2D eigenvalue weighted by Crippen LogP contribution is -2.49. The smallest absolute Gasteiger partial charge is 0.379 e. The molecule has 5 rings (SSSR count). The summed E-state index contributed by atoms with van der Waals surface area (Å²) in [6.07, 6.45) is -1.12. The first-order valence-corrected chi connectivity index (χ1v) is 11.1. The highest BCUT2D eigenvalue weighted by molar-refractivity contribution is 5.97. The average molecular weight is 481 g/mol. The van der Waals surface area contributed by atoms with Crippen molar-refractivity contribution in [2.75, 3.05) is 18.5 Å². The van der Waals surface area contributed by atoms with Crippen LogP contribution in [0.2, 0.25) is 0 Å². The summed E-state index contributed by atoms with van der Waals surface area (Å²) >= 11 is 0. The summed E-state index contributed by atoms with van der Waals surface area (Å²) in [5, 5.41) is 7.37. The zero-order chi connectivity index (χ0) is 24.8. The van der Waals surface area contributed by atoms with E-state index in [1.54, 1.807) is 12.3 Å². The SMILES string of the molecule is CCc1ccc(-c2cn3nc(-c4cccnc4C(F)(F)F)ccc3n2)cc1NC(=O)C1(C)COC1. The minimum absolute atomic E-state index is 0.103. The van der Waals surface area contributed by atoms with Gasteiger partial charge in [-0.15, -0.1) is 0 Å². The summed E-state index contributed by atoms with van der Waals surface area (Å²) in [6, 6.07) is 11.6. The minimum atomic E-state index is -4.60. The largest absolute Gasteiger partial charge is 0.434 e. The van der Waals surface area contributed by atoms with Crippen molar-refractivity contribution in [2.45, 2.75) is 26.4 Å². The third-order valence-electron chi connectivity index (χ3n) is 6.10. The zero-order valence-electron chi connectivity index (χ0n) is 19.1. The molecule has 1 amide bonds. The van der Waals surface area contributed by atoms with E-state index >= 15 is 0 Å². The number of carbonyl (C=O) groups excluding carboxylic acids is 1. The normalized spacial score (nSPS) is 15.1. The maximum Gasteiger partial charge on any atom is 0.434 e. The summed E-state index contributed by atoms with van der Waals surface area (Å²) in [5.74, 6) is -0.103. The number of amides is 1. The van der Waals surface area contributed by atoms with Crippen LogP contribution in [-0.4, -0.2) is 38.7 Å². The van der Waals surface area contributed by atoms with Gasteiger partial charge < -0.3 is 10.1 Å². The Labute approximate surface area is 199 Å². The Morgan fingerprint density at radius 3 is 2.66 bits per heavy atom. The lowest BCUT2D eigenvalue weighted by molar-refractivity contribution is -0.152. The number of alkyl halides is 3. The van der Waals surface area contributed by atoms with Gasteiger partial charge in [0.25, 0.3) is 0 Å². The van der Waals surface area contributed by atoms with Gasteiger partial charge in [0.15, 0.2) is 11.3 Å². The predicted octanol–water partition coefficient (Wildman–Crippen LogP) is 5.01. The van der Waals surface area contributed by atoms with Gasteiger partial charge in [0.2, 0.25) is 5.91 Å². The first-order valence-electron chi connectivity index (χ1n) is 11.1. The number of nitrogens with zero attached hydrogens (tertiary/aromatic N) is 4. The predicted molar refractivity (Wildman–Crippen MR) is 124 cm³/mol. The summed E-state index contributed by atoms with van der Waals surface area (Å²) in [6.45, 7) is 4.63. The van der Waals surface area contributed by atoms with E-state index in [1.807, 2.05) is 32.0 Å². The van der Waals surface area contributed by atoms with E-state index in [4.69, 9.17) is 4.74 Å². The van der Waals surface area contributed by atoms with Gasteiger partial charge in [-0.25, -0.2) is 9.50 Å². The first kappa shape index (κ1) is 23.0. The average Bonchev–Trinajstić information content (AvgIpc) is 3.25. The molecule has 35 heavy (non-hydrogen) atoms. The highest BCUT2D eigenvalue weighted by Gasteiger charge is 2.41. The molecule has 0 saturated carbocycles. The summed E-state index contributed by atoms with van der Waals surface area (Å²) in [4.78, 5) is 20.8. The summed E-state index contributed by atoms with van der Waals surface area (Å²) in [7, 11) is 0. The summed E-state index contributed by atoms with van der Waals surface area (Å²) < 4.78 is 46.9. The molecule has 3 aromatic heterocycles. The second-order valence-corrected chi connectivity index (χ2v) is 8.78. The number of hydrogen-bond acceptors (Lipinski definition) is 5. The van der Waals surface area contributed by atoms with E-state index in [0.29, 0.717) is 30.2 Å². The fraction of sp³-hybridized carbons (Fsp3) is 0.280. The van der Waals surface area contributed by atoms with Crippen molar-refractivity contribution in [3.05, 3.63) is 66.1 Å². The molecule has 180 valence electrons. The molecule has 1 aliphatic heterocycles. The number of ether oxygens (including phenoxy) is 1. The van der Waals surface area contributed by atoms with Gasteiger partial charge in [-0.05, 0) is 49.2 Å². The maximum absolute atomic E-state index is 13.4. The summed E-state index contributed by atoms with van der Waals surface area (Å²) in [5.41, 5.74) is 1.95. The number of aryl methyl sites for hydroxylation is 1. The van der Waals surface area contributed by atoms with Crippen LogP contribution in [0.3, 0.4) is 0 Å². The Hall–Kier alpha value is -3.79. The van der Waals surface area contributed by atoms with Crippen LogP contribution in [0.5, 0.6) is 0 Å². The van der Waals surface area contributed by atoms with Gasteiger partial charge in [0, 0.05) is 23.0 Å². The quantitative estimate of drug-likeness (QED) is 0.433. The van der Waals surface area contributed by atoms with Crippen molar-refractivity contribution in [3.63, 3.8) is 0 Å². The first-order chi connectivity index (χ1) is 16.7. The molecule has 0 spiro atoms. The van der Waals surface area contributed by atoms with Gasteiger partial charge >= 0.3 is 6.18 Å². The molecule has 0 aliphatic carbocycles. The molecule has 1 fully saturated rings. The Morgan fingerprint density at radius 1 is 1.17 bits per heavy atom. The van der Waals surface area contributed by atoms with E-state index in [1.165, 1.54) is 22.7 Å². The molecular formula is C25H22F3N5O2. The third kappa shape index (κ3) is 4.25. The van der Waals surface area contributed by atoms with Crippen LogP contribution in [0.4, 0.5) is 18.9 Å². The lowest BCUT2D eigenvalue weighted by atomic mass is 9.87. The Morgan fingerprint density at radius 2 is 1.97 bits per heavy atom. The van der Waals surface area contributed by atoms with E-state index in [-0.39, 0.29) is 17.2 Å². The van der Waals surface area contributed by atoms with Gasteiger partial charge in [-0.3, -0.25) is 9.78 Å². The molecule has 1 aliphatic rings. The molecular weight excluding hydrogens is 459 g/mol. The number of hydrogen-bond donors (Lipinski definition) is 1. The number of halogens is 3. The second-order valence-electron chi connectivity index (χ2n) is 8.78. The molecule has 0 bridgehead atoms. The number of rotatable bonds is 5. The van der Waals surface area contributed by atoms with Crippen molar-refractivity contribution >= 4 is 17.2 Å². The maximum atomic E-state index is 13.4. The monoisotopic (exact) mass is 481 g/mol. The fourth-order valence-electron chi connectivity index (χ4n) is 3.98. The van der Waals surface area contributed by atoms with Crippen LogP contribution in [-0.2, 0) is 22.1 Å². The van der Waals surface area contributed by atoms with Gasteiger partial charge in [-0.2, -0.15) is 18.3 Å². The van der Waals surface area contributed by atoms with Crippen molar-refractivity contribution in [2.24, 2.45) is 5.41 Å². The van der Waals surface area contributed by atoms with E-state index in [2.05, 4.69) is 20.4 Å². The number of carbonyl (C=O) groups is 1. The lowest BCUT2D eigenvalue weighted by Gasteiger charge is -2.36. The molecule has 0 radical (unpaired) electrons. The molecule has 4 heterocycles. The van der Waals surface area contributed by atoms with Crippen molar-refractivity contribution < 1.29 is 22.7 Å². The molecule has 1 saturated heterocycles. The van der Waals surface area contributed by atoms with Gasteiger partial charge in [-0.1, -0.05) is 19.1 Å². The molecule has 1 N–H and O–H groups in total. The number of aromatic nitrogens is 4. The third-order valence-corrected chi connectivity index (χ3v) is 6.10. The standard InChI is InChI=1S/C25H22F3N5O2/c1-3-15-6-7-16(11-19(15)31-23(34)24(2)13-35-14-24)20-12-33-21(30-20)9-8-18(32-33)17-5-4-10-29-22(17)25(26,27)28/h4-12H,3,13-14H2,1-2H3,(H,31,34). The number of benzene rings is 1. The van der Waals surface area contributed by atoms with Crippen LogP contribution in [0.15, 0.2) is 54.9 Å². The van der Waals surface area contributed by atoms with E-state index in [0.717, 1.165) is 23.7 Å². The number of anilines is 1. The van der Waals surface area contributed by atoms with Crippen LogP contribution < -0.4 is 5.32 Å². The molecule has 1 aromatic carbocycles. The Balaban J connectivity index is 1.50. The zero-order valence-corrected chi connectivity index (χ0v) is 19.1. The topological polar surface area (TPSA) is 81.4 Å². The Bertz CT molecular complexity index is 1430. The van der Waals surface area contributed by atoms with E-state index in [9.17, 15) is 18.0 Å². The highest BCUT2D eigenvalue weighted by Crippen LogP contribution is 2.35. The Kier molecular flexibility index (Phi) is 5.55. The van der Waals surface area contributed by atoms with Gasteiger partial charge in [0.05, 0.1) is 36.2 Å². The van der Waals surface area contributed by atoms with Gasteiger partial charge in [0.1, 0.15) is 0 Å².